The van der Waals surface area contributed by atoms with E-state index in [-0.39, 0.29) is 10.9 Å². The molecule has 0 amide bonds. The summed E-state index contributed by atoms with van der Waals surface area (Å²) in [6.45, 7) is 1.86. The van der Waals surface area contributed by atoms with E-state index in [4.69, 9.17) is 9.84 Å². The minimum atomic E-state index is -1.44. The zero-order valence-electron chi connectivity index (χ0n) is 10.3. The monoisotopic (exact) mass is 295 g/mol. The molecule has 0 saturated carbocycles. The van der Waals surface area contributed by atoms with E-state index < -0.39 is 22.1 Å². The second kappa shape index (κ2) is 5.61. The molecular formula is C11H9N3O5S. The first-order chi connectivity index (χ1) is 9.52. The lowest BCUT2D eigenvalue weighted by Gasteiger charge is -2.05. The number of nitro benzene ring substituents is 1. The van der Waals surface area contributed by atoms with Crippen molar-refractivity contribution in [3.8, 4) is 10.9 Å². The number of benzene rings is 1. The van der Waals surface area contributed by atoms with Crippen molar-refractivity contribution >= 4 is 23.2 Å². The van der Waals surface area contributed by atoms with Crippen LogP contribution in [0, 0.1) is 10.1 Å². The average Bonchev–Trinajstić information content (AvgIpc) is 2.85. The molecule has 104 valence electrons. The van der Waals surface area contributed by atoms with Gasteiger partial charge in [-0.2, -0.15) is 9.36 Å². The first-order valence-corrected chi connectivity index (χ1v) is 6.31. The molecule has 20 heavy (non-hydrogen) atoms. The molecular weight excluding hydrogens is 286 g/mol. The number of carboxylic acids is 1. The minimum Gasteiger partial charge on any atom is -0.477 e. The lowest BCUT2D eigenvalue weighted by atomic mass is 10.1. The van der Waals surface area contributed by atoms with Crippen molar-refractivity contribution in [2.45, 2.75) is 13.3 Å². The Morgan fingerprint density at radius 3 is 2.85 bits per heavy atom. The maximum atomic E-state index is 11.2. The lowest BCUT2D eigenvalue weighted by molar-refractivity contribution is -0.385. The van der Waals surface area contributed by atoms with Gasteiger partial charge >= 0.3 is 5.97 Å². The van der Waals surface area contributed by atoms with Crippen LogP contribution in [0.25, 0.3) is 0 Å². The number of nitro groups is 1. The fourth-order valence-electron chi connectivity index (χ4n) is 1.49. The van der Waals surface area contributed by atoms with Crippen LogP contribution in [-0.4, -0.2) is 25.4 Å². The van der Waals surface area contributed by atoms with Crippen LogP contribution in [0.2, 0.25) is 0 Å². The van der Waals surface area contributed by atoms with E-state index in [1.54, 1.807) is 0 Å². The van der Waals surface area contributed by atoms with E-state index in [2.05, 4.69) is 9.36 Å². The van der Waals surface area contributed by atoms with Crippen molar-refractivity contribution in [1.29, 1.82) is 0 Å². The Morgan fingerprint density at radius 2 is 2.30 bits per heavy atom. The van der Waals surface area contributed by atoms with Gasteiger partial charge in [-0.05, 0) is 6.07 Å². The van der Waals surface area contributed by atoms with E-state index in [1.807, 2.05) is 6.92 Å². The molecule has 0 bridgehead atoms. The molecule has 9 heteroatoms. The fourth-order valence-corrected chi connectivity index (χ4v) is 2.12. The Morgan fingerprint density at radius 1 is 1.55 bits per heavy atom. The van der Waals surface area contributed by atoms with Gasteiger partial charge in [-0.25, -0.2) is 4.79 Å². The van der Waals surface area contributed by atoms with Gasteiger partial charge in [0.25, 0.3) is 10.9 Å². The molecule has 1 heterocycles. The number of nitrogens with zero attached hydrogens (tertiary/aromatic N) is 3. The molecule has 0 fully saturated rings. The minimum absolute atomic E-state index is 0.134. The second-order valence-electron chi connectivity index (χ2n) is 3.64. The highest BCUT2D eigenvalue weighted by atomic mass is 32.1. The van der Waals surface area contributed by atoms with Crippen LogP contribution in [0.5, 0.6) is 10.9 Å². The number of rotatable bonds is 5. The van der Waals surface area contributed by atoms with E-state index in [0.29, 0.717) is 12.2 Å². The van der Waals surface area contributed by atoms with Crippen LogP contribution in [0.4, 0.5) is 5.69 Å². The quantitative estimate of drug-likeness (QED) is 0.665. The molecule has 1 aromatic heterocycles. The Hall–Kier alpha value is -2.55. The molecule has 0 atom stereocenters. The number of carboxylic acid groups (broad SMARTS) is 1. The number of carbonyl (C=O) groups is 1. The Labute approximate surface area is 117 Å². The van der Waals surface area contributed by atoms with Gasteiger partial charge in [0.2, 0.25) is 0 Å². The smallest absolute Gasteiger partial charge is 0.346 e. The van der Waals surface area contributed by atoms with E-state index in [0.717, 1.165) is 17.6 Å². The zero-order chi connectivity index (χ0) is 14.7. The third-order valence-electron chi connectivity index (χ3n) is 2.38. The fraction of sp³-hybridized carbons (Fsp3) is 0.182. The zero-order valence-corrected chi connectivity index (χ0v) is 11.1. The highest BCUT2D eigenvalue weighted by Gasteiger charge is 2.25. The third kappa shape index (κ3) is 2.72. The number of aryl methyl sites for hydroxylation is 1. The van der Waals surface area contributed by atoms with Crippen LogP contribution >= 0.6 is 11.5 Å². The van der Waals surface area contributed by atoms with Crippen molar-refractivity contribution < 1.29 is 19.6 Å². The van der Waals surface area contributed by atoms with Crippen molar-refractivity contribution in [3.05, 3.63) is 39.7 Å². The van der Waals surface area contributed by atoms with Crippen molar-refractivity contribution in [2.75, 3.05) is 0 Å². The maximum Gasteiger partial charge on any atom is 0.346 e. The van der Waals surface area contributed by atoms with Gasteiger partial charge in [0.05, 0.1) is 4.92 Å². The summed E-state index contributed by atoms with van der Waals surface area (Å²) < 4.78 is 9.29. The lowest BCUT2D eigenvalue weighted by Crippen LogP contribution is -2.05. The summed E-state index contributed by atoms with van der Waals surface area (Å²) in [5, 5.41) is 20.1. The summed E-state index contributed by atoms with van der Waals surface area (Å²) in [7, 11) is 0. The van der Waals surface area contributed by atoms with E-state index >= 15 is 0 Å². The maximum absolute atomic E-state index is 11.2. The predicted molar refractivity (Wildman–Crippen MR) is 69.4 cm³/mol. The normalized spacial score (nSPS) is 10.2. The Balaban J connectivity index is 2.43. The first kappa shape index (κ1) is 13.9. The number of hydrogen-bond acceptors (Lipinski definition) is 7. The van der Waals surface area contributed by atoms with Gasteiger partial charge in [-0.15, -0.1) is 0 Å². The van der Waals surface area contributed by atoms with E-state index in [9.17, 15) is 14.9 Å². The molecule has 8 nitrogen and oxygen atoms in total. The standard InChI is InChI=1S/C11H9N3O5S/c1-2-8-12-11(20-13-8)19-7-5-3-4-6(14(17)18)9(7)10(15)16/h3-5H,2H2,1H3,(H,15,16). The largest absolute Gasteiger partial charge is 0.477 e. The molecule has 0 saturated heterocycles. The Bertz CT molecular complexity index is 670. The van der Waals surface area contributed by atoms with Crippen LogP contribution in [0.15, 0.2) is 18.2 Å². The summed E-state index contributed by atoms with van der Waals surface area (Å²) in [5.41, 5.74) is -1.04. The number of aromatic nitrogens is 2. The van der Waals surface area contributed by atoms with Crippen molar-refractivity contribution in [1.82, 2.24) is 9.36 Å². The van der Waals surface area contributed by atoms with E-state index in [1.165, 1.54) is 12.1 Å². The van der Waals surface area contributed by atoms with Gasteiger partial charge in [0.15, 0.2) is 11.3 Å². The van der Waals surface area contributed by atoms with Gasteiger partial charge in [0.1, 0.15) is 5.82 Å². The van der Waals surface area contributed by atoms with Crippen LogP contribution < -0.4 is 4.74 Å². The summed E-state index contributed by atoms with van der Waals surface area (Å²) >= 11 is 0.958. The summed E-state index contributed by atoms with van der Waals surface area (Å²) in [4.78, 5) is 25.3. The highest BCUT2D eigenvalue weighted by molar-refractivity contribution is 7.07. The molecule has 1 N–H and O–H groups in total. The van der Waals surface area contributed by atoms with Gasteiger partial charge < -0.3 is 9.84 Å². The SMILES string of the molecule is CCc1nsc(Oc2cccc([N+](=O)[O-])c2C(=O)O)n1. The molecule has 0 spiro atoms. The first-order valence-electron chi connectivity index (χ1n) is 5.54. The predicted octanol–water partition coefficient (Wildman–Crippen LogP) is 2.50. The third-order valence-corrected chi connectivity index (χ3v) is 3.01. The summed E-state index contributed by atoms with van der Waals surface area (Å²) in [5.74, 6) is -1.01. The highest BCUT2D eigenvalue weighted by Crippen LogP contribution is 2.32. The van der Waals surface area contributed by atoms with Crippen LogP contribution in [0.3, 0.4) is 0 Å². The second-order valence-corrected chi connectivity index (χ2v) is 4.36. The molecule has 0 unspecified atom stereocenters. The molecule has 0 aliphatic carbocycles. The topological polar surface area (TPSA) is 115 Å². The average molecular weight is 295 g/mol. The van der Waals surface area contributed by atoms with Gasteiger partial charge in [0, 0.05) is 24.0 Å². The number of ether oxygens (including phenoxy) is 1. The van der Waals surface area contributed by atoms with Crippen LogP contribution in [0.1, 0.15) is 23.1 Å². The summed E-state index contributed by atoms with van der Waals surface area (Å²) in [6, 6.07) is 3.79. The molecule has 2 aromatic rings. The summed E-state index contributed by atoms with van der Waals surface area (Å²) in [6.07, 6.45) is 0.612. The molecule has 0 aliphatic heterocycles. The molecule has 0 radical (unpaired) electrons. The number of aromatic carboxylic acids is 1. The van der Waals surface area contributed by atoms with Gasteiger partial charge in [-0.1, -0.05) is 13.0 Å². The Kier molecular flexibility index (Phi) is 3.89. The van der Waals surface area contributed by atoms with Crippen molar-refractivity contribution in [2.24, 2.45) is 0 Å². The van der Waals surface area contributed by atoms with Crippen molar-refractivity contribution in [3.63, 3.8) is 0 Å². The van der Waals surface area contributed by atoms with Crippen LogP contribution in [-0.2, 0) is 6.42 Å². The number of hydrogen-bond donors (Lipinski definition) is 1. The molecule has 2 rings (SSSR count). The molecule has 0 aliphatic rings. The van der Waals surface area contributed by atoms with Gasteiger partial charge in [-0.3, -0.25) is 10.1 Å². The molecule has 1 aromatic carbocycles.